The molecule has 1 amide bonds. The van der Waals surface area contributed by atoms with E-state index in [4.69, 9.17) is 5.73 Å². The Morgan fingerprint density at radius 1 is 1.47 bits per heavy atom. The Balaban J connectivity index is 2.61. The Bertz CT molecular complexity index is 435. The number of nitrogen functional groups attached to an aromatic ring is 1. The van der Waals surface area contributed by atoms with Crippen molar-refractivity contribution in [1.29, 1.82) is 0 Å². The molecule has 0 aliphatic carbocycles. The number of benzene rings is 1. The van der Waals surface area contributed by atoms with Crippen LogP contribution in [0, 0.1) is 5.82 Å². The van der Waals surface area contributed by atoms with Gasteiger partial charge in [0.05, 0.1) is 12.2 Å². The van der Waals surface area contributed by atoms with Gasteiger partial charge >= 0.3 is 0 Å². The van der Waals surface area contributed by atoms with Crippen LogP contribution in [0.3, 0.4) is 0 Å². The zero-order chi connectivity index (χ0) is 14.4. The summed E-state index contributed by atoms with van der Waals surface area (Å²) >= 11 is 0. The first-order chi connectivity index (χ1) is 8.93. The van der Waals surface area contributed by atoms with Crippen LogP contribution in [-0.2, 0) is 4.79 Å². The van der Waals surface area contributed by atoms with Gasteiger partial charge in [0.15, 0.2) is 0 Å². The van der Waals surface area contributed by atoms with Crippen molar-refractivity contribution in [2.24, 2.45) is 0 Å². The van der Waals surface area contributed by atoms with E-state index in [0.717, 1.165) is 13.0 Å². The smallest absolute Gasteiger partial charge is 0.238 e. The Morgan fingerprint density at radius 2 is 2.16 bits per heavy atom. The number of nitrogens with two attached hydrogens (primary N) is 1. The third kappa shape index (κ3) is 4.87. The molecule has 0 spiro atoms. The molecule has 0 fully saturated rings. The van der Waals surface area contributed by atoms with Crippen LogP contribution in [0.15, 0.2) is 18.2 Å². The summed E-state index contributed by atoms with van der Waals surface area (Å²) in [7, 11) is 0. The number of rotatable bonds is 6. The molecule has 0 unspecified atom stereocenters. The standard InChI is InChI=1S/C14H22FN3O/c1-4-7-18(10(2)3)9-14(19)17-11-5-6-12(15)13(16)8-11/h5-6,8,10H,4,7,9,16H2,1-3H3,(H,17,19). The Labute approximate surface area is 113 Å². The average Bonchev–Trinajstić information content (AvgIpc) is 2.33. The minimum atomic E-state index is -0.479. The van der Waals surface area contributed by atoms with Crippen molar-refractivity contribution >= 4 is 17.3 Å². The summed E-state index contributed by atoms with van der Waals surface area (Å²) < 4.78 is 13.0. The van der Waals surface area contributed by atoms with Crippen LogP contribution < -0.4 is 11.1 Å². The number of amides is 1. The van der Waals surface area contributed by atoms with Crippen molar-refractivity contribution in [3.63, 3.8) is 0 Å². The van der Waals surface area contributed by atoms with Gasteiger partial charge in [0.2, 0.25) is 5.91 Å². The fourth-order valence-electron chi connectivity index (χ4n) is 1.81. The van der Waals surface area contributed by atoms with Crippen LogP contribution in [0.4, 0.5) is 15.8 Å². The lowest BCUT2D eigenvalue weighted by Crippen LogP contribution is -2.38. The highest BCUT2D eigenvalue weighted by Gasteiger charge is 2.13. The summed E-state index contributed by atoms with van der Waals surface area (Å²) in [6.45, 7) is 7.38. The molecule has 106 valence electrons. The van der Waals surface area contributed by atoms with E-state index in [2.05, 4.69) is 31.0 Å². The molecule has 0 saturated carbocycles. The molecular weight excluding hydrogens is 245 g/mol. The summed E-state index contributed by atoms with van der Waals surface area (Å²) in [5, 5.41) is 2.73. The van der Waals surface area contributed by atoms with Gasteiger partial charge < -0.3 is 11.1 Å². The van der Waals surface area contributed by atoms with Gasteiger partial charge in [0, 0.05) is 11.7 Å². The first kappa shape index (κ1) is 15.4. The second-order valence-electron chi connectivity index (χ2n) is 4.85. The summed E-state index contributed by atoms with van der Waals surface area (Å²) in [5.41, 5.74) is 6.01. The summed E-state index contributed by atoms with van der Waals surface area (Å²) in [6.07, 6.45) is 0.995. The number of nitrogens with one attached hydrogen (secondary N) is 1. The van der Waals surface area contributed by atoms with Crippen LogP contribution >= 0.6 is 0 Å². The normalized spacial score (nSPS) is 11.1. The minimum absolute atomic E-state index is 0.0343. The molecule has 0 heterocycles. The maximum absolute atomic E-state index is 13.0. The highest BCUT2D eigenvalue weighted by Crippen LogP contribution is 2.16. The zero-order valence-electron chi connectivity index (χ0n) is 11.7. The molecule has 0 aromatic heterocycles. The highest BCUT2D eigenvalue weighted by molar-refractivity contribution is 5.92. The van der Waals surface area contributed by atoms with Crippen LogP contribution in [-0.4, -0.2) is 29.9 Å². The molecule has 1 aromatic rings. The topological polar surface area (TPSA) is 58.4 Å². The number of nitrogens with zero attached hydrogens (tertiary/aromatic N) is 1. The molecule has 19 heavy (non-hydrogen) atoms. The number of carbonyl (C=O) groups excluding carboxylic acids is 1. The lowest BCUT2D eigenvalue weighted by molar-refractivity contribution is -0.117. The number of hydrogen-bond acceptors (Lipinski definition) is 3. The third-order valence-electron chi connectivity index (χ3n) is 2.87. The average molecular weight is 267 g/mol. The summed E-state index contributed by atoms with van der Waals surface area (Å²) in [4.78, 5) is 14.0. The molecule has 1 aromatic carbocycles. The number of carbonyl (C=O) groups is 1. The van der Waals surface area contributed by atoms with Crippen molar-refractivity contribution in [2.75, 3.05) is 24.1 Å². The Kier molecular flexibility index (Phi) is 5.76. The van der Waals surface area contributed by atoms with Gasteiger partial charge in [0.25, 0.3) is 0 Å². The van der Waals surface area contributed by atoms with Gasteiger partial charge in [-0.25, -0.2) is 4.39 Å². The van der Waals surface area contributed by atoms with Crippen LogP contribution in [0.5, 0.6) is 0 Å². The van der Waals surface area contributed by atoms with Gasteiger partial charge in [0.1, 0.15) is 5.82 Å². The second-order valence-corrected chi connectivity index (χ2v) is 4.85. The SMILES string of the molecule is CCCN(CC(=O)Nc1ccc(F)c(N)c1)C(C)C. The predicted molar refractivity (Wildman–Crippen MR) is 76.4 cm³/mol. The lowest BCUT2D eigenvalue weighted by Gasteiger charge is -2.25. The van der Waals surface area contributed by atoms with Gasteiger partial charge in [-0.3, -0.25) is 9.69 Å². The van der Waals surface area contributed by atoms with E-state index in [1.54, 1.807) is 0 Å². The van der Waals surface area contributed by atoms with Gasteiger partial charge in [-0.15, -0.1) is 0 Å². The Morgan fingerprint density at radius 3 is 2.68 bits per heavy atom. The highest BCUT2D eigenvalue weighted by atomic mass is 19.1. The molecule has 0 bridgehead atoms. The van der Waals surface area contributed by atoms with Crippen molar-refractivity contribution in [3.05, 3.63) is 24.0 Å². The molecule has 0 atom stereocenters. The van der Waals surface area contributed by atoms with Crippen molar-refractivity contribution < 1.29 is 9.18 Å². The van der Waals surface area contributed by atoms with E-state index >= 15 is 0 Å². The van der Waals surface area contributed by atoms with Crippen molar-refractivity contribution in [2.45, 2.75) is 33.2 Å². The van der Waals surface area contributed by atoms with Gasteiger partial charge in [-0.2, -0.15) is 0 Å². The van der Waals surface area contributed by atoms with Crippen molar-refractivity contribution in [3.8, 4) is 0 Å². The van der Waals surface area contributed by atoms with Gasteiger partial charge in [-0.05, 0) is 45.0 Å². The molecule has 1 rings (SSSR count). The van der Waals surface area contributed by atoms with Crippen LogP contribution in [0.25, 0.3) is 0 Å². The third-order valence-corrected chi connectivity index (χ3v) is 2.87. The predicted octanol–water partition coefficient (Wildman–Crippen LogP) is 2.47. The fourth-order valence-corrected chi connectivity index (χ4v) is 1.81. The second kappa shape index (κ2) is 7.09. The van der Waals surface area contributed by atoms with E-state index in [0.29, 0.717) is 18.3 Å². The maximum atomic E-state index is 13.0. The van der Waals surface area contributed by atoms with E-state index in [1.165, 1.54) is 18.2 Å². The fraction of sp³-hybridized carbons (Fsp3) is 0.500. The first-order valence-electron chi connectivity index (χ1n) is 6.53. The van der Waals surface area contributed by atoms with Crippen LogP contribution in [0.1, 0.15) is 27.2 Å². The molecular formula is C14H22FN3O. The molecule has 0 radical (unpaired) electrons. The molecule has 4 nitrogen and oxygen atoms in total. The molecule has 5 heteroatoms. The molecule has 0 aliphatic rings. The summed E-state index contributed by atoms with van der Waals surface area (Å²) in [6, 6.07) is 4.48. The first-order valence-corrected chi connectivity index (χ1v) is 6.53. The monoisotopic (exact) mass is 267 g/mol. The van der Waals surface area contributed by atoms with E-state index in [-0.39, 0.29) is 11.6 Å². The maximum Gasteiger partial charge on any atom is 0.238 e. The number of halogens is 1. The van der Waals surface area contributed by atoms with Crippen molar-refractivity contribution in [1.82, 2.24) is 4.90 Å². The van der Waals surface area contributed by atoms with E-state index in [9.17, 15) is 9.18 Å². The lowest BCUT2D eigenvalue weighted by atomic mass is 10.2. The van der Waals surface area contributed by atoms with Gasteiger partial charge in [-0.1, -0.05) is 6.92 Å². The minimum Gasteiger partial charge on any atom is -0.396 e. The molecule has 0 aliphatic heterocycles. The summed E-state index contributed by atoms with van der Waals surface area (Å²) in [5.74, 6) is -0.596. The molecule has 3 N–H and O–H groups in total. The Hall–Kier alpha value is -1.62. The largest absolute Gasteiger partial charge is 0.396 e. The molecule has 0 saturated heterocycles. The number of hydrogen-bond donors (Lipinski definition) is 2. The van der Waals surface area contributed by atoms with E-state index < -0.39 is 5.82 Å². The quantitative estimate of drug-likeness (QED) is 0.778. The van der Waals surface area contributed by atoms with E-state index in [1.807, 2.05) is 0 Å². The van der Waals surface area contributed by atoms with Crippen LogP contribution in [0.2, 0.25) is 0 Å². The zero-order valence-corrected chi connectivity index (χ0v) is 11.7. The number of anilines is 2.